The molecule has 0 bridgehead atoms. The summed E-state index contributed by atoms with van der Waals surface area (Å²) in [7, 11) is 0. The average molecular weight is 218 g/mol. The van der Waals surface area contributed by atoms with Crippen LogP contribution >= 0.6 is 0 Å². The minimum atomic E-state index is 0.165. The van der Waals surface area contributed by atoms with Gasteiger partial charge >= 0.3 is 0 Å². The van der Waals surface area contributed by atoms with Crippen LogP contribution in [0.15, 0.2) is 30.3 Å². The standard InChI is InChI=1S/C14H19NO/c16-14(11-12-7-3-1-4-8-12)15-13-9-5-2-6-10-13/h1,3-4,7-8,13H,2,5-6,9-11H2,(H,15,16)/i15+1. The molecule has 1 N–H and O–H groups in total. The van der Waals surface area contributed by atoms with Crippen LogP contribution in [0.25, 0.3) is 0 Å². The molecule has 0 spiro atoms. The molecule has 86 valence electrons. The van der Waals surface area contributed by atoms with Gasteiger partial charge in [0.25, 0.3) is 0 Å². The Hall–Kier alpha value is -1.31. The number of benzene rings is 1. The molecule has 0 unspecified atom stereocenters. The Labute approximate surface area is 97.1 Å². The van der Waals surface area contributed by atoms with Crippen molar-refractivity contribution in [3.63, 3.8) is 0 Å². The second kappa shape index (κ2) is 5.69. The zero-order valence-electron chi connectivity index (χ0n) is 9.61. The van der Waals surface area contributed by atoms with Crippen molar-refractivity contribution in [3.8, 4) is 0 Å². The lowest BCUT2D eigenvalue weighted by Gasteiger charge is -2.22. The fourth-order valence-corrected chi connectivity index (χ4v) is 2.31. The predicted molar refractivity (Wildman–Crippen MR) is 65.2 cm³/mol. The zero-order valence-corrected chi connectivity index (χ0v) is 9.61. The SMILES string of the molecule is O=C(Cc1ccccc1)[15NH]C1CCCCC1. The van der Waals surface area contributed by atoms with Gasteiger partial charge in [-0.3, -0.25) is 4.79 Å². The van der Waals surface area contributed by atoms with Crippen molar-refractivity contribution in [1.29, 1.82) is 0 Å². The third-order valence-electron chi connectivity index (χ3n) is 3.18. The van der Waals surface area contributed by atoms with Gasteiger partial charge in [0, 0.05) is 6.04 Å². The fourth-order valence-electron chi connectivity index (χ4n) is 2.31. The van der Waals surface area contributed by atoms with Gasteiger partial charge in [-0.1, -0.05) is 49.6 Å². The molecule has 0 heterocycles. The smallest absolute Gasteiger partial charge is 0.224 e. The van der Waals surface area contributed by atoms with Crippen molar-refractivity contribution in [3.05, 3.63) is 35.9 Å². The first-order valence-corrected chi connectivity index (χ1v) is 6.18. The molecule has 16 heavy (non-hydrogen) atoms. The summed E-state index contributed by atoms with van der Waals surface area (Å²) >= 11 is 0. The molecule has 1 aromatic carbocycles. The second-order valence-corrected chi connectivity index (χ2v) is 4.56. The highest BCUT2D eigenvalue weighted by Crippen LogP contribution is 2.17. The lowest BCUT2D eigenvalue weighted by atomic mass is 9.97. The third kappa shape index (κ3) is 3.37. The van der Waals surface area contributed by atoms with E-state index < -0.39 is 0 Å². The first kappa shape index (κ1) is 11.2. The first-order valence-electron chi connectivity index (χ1n) is 6.18. The maximum Gasteiger partial charge on any atom is 0.224 e. The predicted octanol–water partition coefficient (Wildman–Crippen LogP) is 2.68. The summed E-state index contributed by atoms with van der Waals surface area (Å²) in [5.41, 5.74) is 1.09. The van der Waals surface area contributed by atoms with Crippen LogP contribution in [0.2, 0.25) is 0 Å². The van der Waals surface area contributed by atoms with Gasteiger partial charge in [0.1, 0.15) is 0 Å². The van der Waals surface area contributed by atoms with E-state index in [0.29, 0.717) is 12.5 Å². The van der Waals surface area contributed by atoms with E-state index in [0.717, 1.165) is 18.4 Å². The van der Waals surface area contributed by atoms with E-state index in [-0.39, 0.29) is 5.91 Å². The summed E-state index contributed by atoms with van der Waals surface area (Å²) in [6.45, 7) is 0. The van der Waals surface area contributed by atoms with E-state index in [1.54, 1.807) is 0 Å². The van der Waals surface area contributed by atoms with E-state index in [1.807, 2.05) is 30.3 Å². The molecule has 2 nitrogen and oxygen atoms in total. The topological polar surface area (TPSA) is 29.1 Å². The van der Waals surface area contributed by atoms with E-state index in [4.69, 9.17) is 0 Å². The monoisotopic (exact) mass is 218 g/mol. The van der Waals surface area contributed by atoms with Crippen LogP contribution in [0.1, 0.15) is 37.7 Å². The average Bonchev–Trinajstić information content (AvgIpc) is 2.31. The quantitative estimate of drug-likeness (QED) is 0.776. The number of hydrogen-bond acceptors (Lipinski definition) is 1. The van der Waals surface area contributed by atoms with Gasteiger partial charge in [0.2, 0.25) is 5.91 Å². The van der Waals surface area contributed by atoms with E-state index in [1.165, 1.54) is 19.3 Å². The van der Waals surface area contributed by atoms with E-state index in [2.05, 4.69) is 5.32 Å². The number of carbonyl (C=O) groups excluding carboxylic acids is 1. The van der Waals surface area contributed by atoms with Gasteiger partial charge in [-0.05, 0) is 18.4 Å². The van der Waals surface area contributed by atoms with Gasteiger partial charge < -0.3 is 5.32 Å². The number of nitrogens with one attached hydrogen (secondary N) is 1. The van der Waals surface area contributed by atoms with Crippen LogP contribution < -0.4 is 5.32 Å². The number of carbonyl (C=O) groups is 1. The highest BCUT2D eigenvalue weighted by atomic mass is 16.2. The molecule has 1 fully saturated rings. The highest BCUT2D eigenvalue weighted by molar-refractivity contribution is 5.78. The summed E-state index contributed by atoms with van der Waals surface area (Å²) in [6, 6.07) is 10.3. The number of rotatable bonds is 3. The highest BCUT2D eigenvalue weighted by Gasteiger charge is 2.15. The molecule has 0 atom stereocenters. The van der Waals surface area contributed by atoms with Crippen molar-refractivity contribution in [2.75, 3.05) is 0 Å². The van der Waals surface area contributed by atoms with Crippen molar-refractivity contribution >= 4 is 5.91 Å². The maximum atomic E-state index is 11.8. The van der Waals surface area contributed by atoms with Gasteiger partial charge in [-0.2, -0.15) is 0 Å². The lowest BCUT2D eigenvalue weighted by molar-refractivity contribution is -0.121. The second-order valence-electron chi connectivity index (χ2n) is 4.56. The molecule has 1 aromatic rings. The van der Waals surface area contributed by atoms with Crippen LogP contribution in [-0.4, -0.2) is 11.9 Å². The van der Waals surface area contributed by atoms with Crippen molar-refractivity contribution in [2.45, 2.75) is 44.6 Å². The Morgan fingerprint density at radius 3 is 2.50 bits per heavy atom. The minimum Gasteiger partial charge on any atom is -0.353 e. The molecule has 2 heteroatoms. The maximum absolute atomic E-state index is 11.8. The molecule has 0 saturated heterocycles. The van der Waals surface area contributed by atoms with Crippen molar-refractivity contribution in [1.82, 2.24) is 5.32 Å². The third-order valence-corrected chi connectivity index (χ3v) is 3.18. The Morgan fingerprint density at radius 1 is 1.12 bits per heavy atom. The van der Waals surface area contributed by atoms with Crippen LogP contribution in [0.4, 0.5) is 0 Å². The molecular formula is C14H19NO. The molecule has 0 radical (unpaired) electrons. The van der Waals surface area contributed by atoms with Crippen LogP contribution in [-0.2, 0) is 11.2 Å². The lowest BCUT2D eigenvalue weighted by Crippen LogP contribution is -2.37. The molecule has 1 saturated carbocycles. The van der Waals surface area contributed by atoms with Crippen LogP contribution in [0.3, 0.4) is 0 Å². The molecule has 0 aromatic heterocycles. The van der Waals surface area contributed by atoms with Crippen molar-refractivity contribution < 1.29 is 4.79 Å². The Kier molecular flexibility index (Phi) is 3.97. The Morgan fingerprint density at radius 2 is 1.81 bits per heavy atom. The molecule has 1 aliphatic rings. The van der Waals surface area contributed by atoms with Crippen LogP contribution in [0, 0.1) is 0 Å². The number of hydrogen-bond donors (Lipinski definition) is 1. The zero-order chi connectivity index (χ0) is 11.2. The molecular weight excluding hydrogens is 199 g/mol. The summed E-state index contributed by atoms with van der Waals surface area (Å²) < 4.78 is 0. The van der Waals surface area contributed by atoms with Gasteiger partial charge in [0.05, 0.1) is 6.42 Å². The van der Waals surface area contributed by atoms with Crippen LogP contribution in [0.5, 0.6) is 0 Å². The summed E-state index contributed by atoms with van der Waals surface area (Å²) in [5, 5.41) is 3.13. The van der Waals surface area contributed by atoms with Gasteiger partial charge in [-0.25, -0.2) is 0 Å². The Bertz CT molecular complexity index is 328. The van der Waals surface area contributed by atoms with Gasteiger partial charge in [-0.15, -0.1) is 0 Å². The normalized spacial score (nSPS) is 17.0. The van der Waals surface area contributed by atoms with E-state index in [9.17, 15) is 4.79 Å². The summed E-state index contributed by atoms with van der Waals surface area (Å²) in [6.07, 6.45) is 6.66. The largest absolute Gasteiger partial charge is 0.353 e. The fraction of sp³-hybridized carbons (Fsp3) is 0.500. The summed E-state index contributed by atoms with van der Waals surface area (Å²) in [4.78, 5) is 11.8. The van der Waals surface area contributed by atoms with Gasteiger partial charge in [0.15, 0.2) is 0 Å². The summed E-state index contributed by atoms with van der Waals surface area (Å²) in [5.74, 6) is 0.165. The molecule has 1 amide bonds. The molecule has 2 rings (SSSR count). The van der Waals surface area contributed by atoms with E-state index >= 15 is 0 Å². The first-order chi connectivity index (χ1) is 7.84. The molecule has 0 aliphatic heterocycles. The molecule has 1 aliphatic carbocycles. The van der Waals surface area contributed by atoms with Crippen molar-refractivity contribution in [2.24, 2.45) is 0 Å². The Balaban J connectivity index is 1.80. The number of amides is 1. The minimum absolute atomic E-state index is 0.165.